The van der Waals surface area contributed by atoms with Crippen LogP contribution in [0.1, 0.15) is 12.5 Å². The molecule has 1 saturated heterocycles. The highest BCUT2D eigenvalue weighted by molar-refractivity contribution is 14.1. The molecule has 3 amide bonds. The molecule has 1 aliphatic rings. The normalized spacial score (nSPS) is 14.5. The van der Waals surface area contributed by atoms with Crippen LogP contribution in [0.3, 0.4) is 0 Å². The largest absolute Gasteiger partial charge is 0.490 e. The summed E-state index contributed by atoms with van der Waals surface area (Å²) in [6.45, 7) is 5.54. The number of amides is 3. The molecule has 0 spiro atoms. The molecular formula is C24H21FIN3O5S. The van der Waals surface area contributed by atoms with Crippen molar-refractivity contribution in [2.24, 2.45) is 0 Å². The van der Waals surface area contributed by atoms with E-state index in [0.29, 0.717) is 32.9 Å². The van der Waals surface area contributed by atoms with Gasteiger partial charge in [0, 0.05) is 12.2 Å². The lowest BCUT2D eigenvalue weighted by atomic mass is 10.1. The van der Waals surface area contributed by atoms with Crippen LogP contribution in [0.2, 0.25) is 0 Å². The van der Waals surface area contributed by atoms with Gasteiger partial charge in [0.25, 0.3) is 17.7 Å². The Bertz CT molecular complexity index is 1220. The first-order valence-electron chi connectivity index (χ1n) is 10.4. The van der Waals surface area contributed by atoms with E-state index in [4.69, 9.17) is 21.7 Å². The molecule has 8 nitrogen and oxygen atoms in total. The standard InChI is InChI=1S/C24H21FIN3O5S/c1-3-9-29-23(32)17(22(31)28-24(29)35)10-14-11-18(26)21(19(12-14)33-4-2)34-13-20(30)27-16-7-5-15(25)6-8-16/h3,5-8,10-12H,1,4,9,13H2,2H3,(H,27,30)(H,28,31,35)/b17-10+. The van der Waals surface area contributed by atoms with E-state index >= 15 is 0 Å². The molecule has 0 bridgehead atoms. The average Bonchev–Trinajstić information content (AvgIpc) is 2.80. The lowest BCUT2D eigenvalue weighted by Gasteiger charge is -2.27. The fourth-order valence-corrected chi connectivity index (χ4v) is 4.13. The van der Waals surface area contributed by atoms with Gasteiger partial charge in [-0.25, -0.2) is 4.39 Å². The van der Waals surface area contributed by atoms with Crippen LogP contribution in [0.15, 0.2) is 54.6 Å². The van der Waals surface area contributed by atoms with Crippen LogP contribution in [-0.4, -0.2) is 47.5 Å². The molecule has 0 saturated carbocycles. The van der Waals surface area contributed by atoms with Crippen molar-refractivity contribution in [1.82, 2.24) is 10.2 Å². The predicted octanol–water partition coefficient (Wildman–Crippen LogP) is 3.66. The van der Waals surface area contributed by atoms with Crippen molar-refractivity contribution in [3.05, 3.63) is 69.6 Å². The Morgan fingerprint density at radius 1 is 1.26 bits per heavy atom. The number of nitrogens with zero attached hydrogens (tertiary/aromatic N) is 1. The number of carbonyl (C=O) groups excluding carboxylic acids is 3. The first-order chi connectivity index (χ1) is 16.7. The van der Waals surface area contributed by atoms with E-state index in [1.54, 1.807) is 19.1 Å². The van der Waals surface area contributed by atoms with Crippen molar-refractivity contribution >= 4 is 69.4 Å². The third-order valence-electron chi connectivity index (χ3n) is 4.62. The fraction of sp³-hybridized carbons (Fsp3) is 0.167. The molecular weight excluding hydrogens is 588 g/mol. The van der Waals surface area contributed by atoms with Gasteiger partial charge in [0.2, 0.25) is 0 Å². The van der Waals surface area contributed by atoms with Gasteiger partial charge in [0.05, 0.1) is 10.2 Å². The van der Waals surface area contributed by atoms with Crippen LogP contribution < -0.4 is 20.1 Å². The van der Waals surface area contributed by atoms with Gasteiger partial charge in [-0.15, -0.1) is 6.58 Å². The van der Waals surface area contributed by atoms with Crippen LogP contribution in [-0.2, 0) is 14.4 Å². The highest BCUT2D eigenvalue weighted by Gasteiger charge is 2.32. The summed E-state index contributed by atoms with van der Waals surface area (Å²) >= 11 is 7.08. The number of hydrogen-bond donors (Lipinski definition) is 2. The Morgan fingerprint density at radius 2 is 1.97 bits per heavy atom. The number of hydrogen-bond acceptors (Lipinski definition) is 6. The highest BCUT2D eigenvalue weighted by atomic mass is 127. The molecule has 11 heteroatoms. The maximum atomic E-state index is 13.0. The summed E-state index contributed by atoms with van der Waals surface area (Å²) in [5, 5.41) is 5.13. The smallest absolute Gasteiger partial charge is 0.265 e. The van der Waals surface area contributed by atoms with Crippen LogP contribution >= 0.6 is 34.8 Å². The van der Waals surface area contributed by atoms with Gasteiger partial charge >= 0.3 is 0 Å². The van der Waals surface area contributed by atoms with Gasteiger partial charge < -0.3 is 14.8 Å². The summed E-state index contributed by atoms with van der Waals surface area (Å²) in [5.41, 5.74) is 0.860. The van der Waals surface area contributed by atoms with Crippen LogP contribution in [0.5, 0.6) is 11.5 Å². The second-order valence-corrected chi connectivity index (χ2v) is 8.68. The summed E-state index contributed by atoms with van der Waals surface area (Å²) in [4.78, 5) is 38.7. The Hall–Kier alpha value is -3.32. The molecule has 35 heavy (non-hydrogen) atoms. The molecule has 2 N–H and O–H groups in total. The minimum Gasteiger partial charge on any atom is -0.490 e. The third-order valence-corrected chi connectivity index (χ3v) is 5.74. The monoisotopic (exact) mass is 609 g/mol. The maximum Gasteiger partial charge on any atom is 0.265 e. The summed E-state index contributed by atoms with van der Waals surface area (Å²) < 4.78 is 25.0. The van der Waals surface area contributed by atoms with Gasteiger partial charge in [-0.1, -0.05) is 6.08 Å². The Morgan fingerprint density at radius 3 is 2.63 bits per heavy atom. The number of thiocarbonyl (C=S) groups is 1. The maximum absolute atomic E-state index is 13.0. The minimum absolute atomic E-state index is 0.0179. The van der Waals surface area contributed by atoms with Gasteiger partial charge in [0.15, 0.2) is 23.2 Å². The SMILES string of the molecule is C=CCN1C(=O)/C(=C/c2cc(I)c(OCC(=O)Nc3ccc(F)cc3)c(OCC)c2)C(=O)NC1=S. The molecule has 0 unspecified atom stereocenters. The molecule has 0 aromatic heterocycles. The van der Waals surface area contributed by atoms with E-state index in [9.17, 15) is 18.8 Å². The molecule has 0 atom stereocenters. The summed E-state index contributed by atoms with van der Waals surface area (Å²) in [7, 11) is 0. The molecule has 1 fully saturated rings. The number of ether oxygens (including phenoxy) is 2. The summed E-state index contributed by atoms with van der Waals surface area (Å²) in [6.07, 6.45) is 2.94. The number of halogens is 2. The Labute approximate surface area is 220 Å². The number of carbonyl (C=O) groups is 3. The molecule has 1 heterocycles. The highest BCUT2D eigenvalue weighted by Crippen LogP contribution is 2.35. The molecule has 1 aliphatic heterocycles. The Balaban J connectivity index is 1.82. The van der Waals surface area contributed by atoms with Crippen LogP contribution in [0.4, 0.5) is 10.1 Å². The van der Waals surface area contributed by atoms with Crippen LogP contribution in [0, 0.1) is 9.39 Å². The van der Waals surface area contributed by atoms with Gasteiger partial charge in [0.1, 0.15) is 11.4 Å². The van der Waals surface area contributed by atoms with Crippen molar-refractivity contribution in [1.29, 1.82) is 0 Å². The van der Waals surface area contributed by atoms with Gasteiger partial charge in [-0.2, -0.15) is 0 Å². The second-order valence-electron chi connectivity index (χ2n) is 7.13. The number of rotatable bonds is 9. The molecule has 182 valence electrons. The number of anilines is 1. The van der Waals surface area contributed by atoms with E-state index in [-0.39, 0.29) is 23.8 Å². The van der Waals surface area contributed by atoms with Crippen molar-refractivity contribution in [2.45, 2.75) is 6.92 Å². The fourth-order valence-electron chi connectivity index (χ4n) is 3.10. The van der Waals surface area contributed by atoms with E-state index in [2.05, 4.69) is 17.2 Å². The van der Waals surface area contributed by atoms with E-state index in [1.807, 2.05) is 22.6 Å². The average molecular weight is 609 g/mol. The predicted molar refractivity (Wildman–Crippen MR) is 141 cm³/mol. The van der Waals surface area contributed by atoms with E-state index in [0.717, 1.165) is 0 Å². The first-order valence-corrected chi connectivity index (χ1v) is 11.9. The zero-order valence-electron chi connectivity index (χ0n) is 18.6. The second kappa shape index (κ2) is 11.9. The Kier molecular flexibility index (Phi) is 8.93. The zero-order valence-corrected chi connectivity index (χ0v) is 21.6. The quantitative estimate of drug-likeness (QED) is 0.148. The zero-order chi connectivity index (χ0) is 25.5. The molecule has 0 aliphatic carbocycles. The molecule has 0 radical (unpaired) electrons. The van der Waals surface area contributed by atoms with Gasteiger partial charge in [-0.3, -0.25) is 24.6 Å². The van der Waals surface area contributed by atoms with Crippen molar-refractivity contribution in [3.8, 4) is 11.5 Å². The van der Waals surface area contributed by atoms with Gasteiger partial charge in [-0.05, 0) is 89.8 Å². The summed E-state index contributed by atoms with van der Waals surface area (Å²) in [5.74, 6) is -1.33. The topological polar surface area (TPSA) is 97.0 Å². The number of nitrogens with one attached hydrogen (secondary N) is 2. The van der Waals surface area contributed by atoms with Crippen molar-refractivity contribution < 1.29 is 28.2 Å². The van der Waals surface area contributed by atoms with Crippen LogP contribution in [0.25, 0.3) is 6.08 Å². The van der Waals surface area contributed by atoms with E-state index in [1.165, 1.54) is 41.3 Å². The molecule has 2 aromatic carbocycles. The lowest BCUT2D eigenvalue weighted by molar-refractivity contribution is -0.128. The minimum atomic E-state index is -0.605. The third kappa shape index (κ3) is 6.63. The summed E-state index contributed by atoms with van der Waals surface area (Å²) in [6, 6.07) is 8.65. The molecule has 3 rings (SSSR count). The lowest BCUT2D eigenvalue weighted by Crippen LogP contribution is -2.53. The van der Waals surface area contributed by atoms with E-state index < -0.39 is 23.5 Å². The molecule has 2 aromatic rings. The first kappa shape index (κ1) is 26.3. The van der Waals surface area contributed by atoms with Crippen molar-refractivity contribution in [2.75, 3.05) is 25.1 Å². The number of benzene rings is 2. The van der Waals surface area contributed by atoms with Crippen molar-refractivity contribution in [3.63, 3.8) is 0 Å².